The smallest absolute Gasteiger partial charge is 0.416 e. The monoisotopic (exact) mass is 425 g/mol. The number of rotatable bonds is 8. The predicted molar refractivity (Wildman–Crippen MR) is 101 cm³/mol. The van der Waals surface area contributed by atoms with Crippen molar-refractivity contribution in [3.05, 3.63) is 63.7 Å². The molecule has 0 saturated heterocycles. The largest absolute Gasteiger partial charge is 0.491 e. The summed E-state index contributed by atoms with van der Waals surface area (Å²) in [6.07, 6.45) is -4.01. The summed E-state index contributed by atoms with van der Waals surface area (Å²) in [7, 11) is 0. The first-order valence-electron chi connectivity index (χ1n) is 8.78. The number of ether oxygens (including phenoxy) is 1. The van der Waals surface area contributed by atoms with Crippen molar-refractivity contribution >= 4 is 23.2 Å². The fraction of sp³-hybridized carbons (Fsp3) is 0.263. The van der Waals surface area contributed by atoms with E-state index in [0.717, 1.165) is 24.3 Å². The molecular weight excluding hydrogens is 407 g/mol. The van der Waals surface area contributed by atoms with E-state index in [4.69, 9.17) is 4.74 Å². The summed E-state index contributed by atoms with van der Waals surface area (Å²) in [5.41, 5.74) is -1.49. The molecule has 2 rings (SSSR count). The number of nitro groups is 1. The lowest BCUT2D eigenvalue weighted by Crippen LogP contribution is -2.33. The highest BCUT2D eigenvalue weighted by Crippen LogP contribution is 2.35. The van der Waals surface area contributed by atoms with Gasteiger partial charge in [-0.15, -0.1) is 0 Å². The lowest BCUT2D eigenvalue weighted by Gasteiger charge is -2.15. The minimum absolute atomic E-state index is 0.0389. The maximum Gasteiger partial charge on any atom is 0.416 e. The molecule has 0 spiro atoms. The number of halogens is 3. The van der Waals surface area contributed by atoms with Crippen LogP contribution >= 0.6 is 0 Å². The maximum atomic E-state index is 13.0. The molecular formula is C19H18F3N3O5. The van der Waals surface area contributed by atoms with Crippen LogP contribution in [0.1, 0.15) is 29.3 Å². The van der Waals surface area contributed by atoms with Gasteiger partial charge in [0.2, 0.25) is 5.91 Å². The van der Waals surface area contributed by atoms with Gasteiger partial charge in [0.1, 0.15) is 5.75 Å². The van der Waals surface area contributed by atoms with Crippen LogP contribution in [-0.4, -0.2) is 29.9 Å². The highest BCUT2D eigenvalue weighted by atomic mass is 19.4. The maximum absolute atomic E-state index is 13.0. The molecule has 0 radical (unpaired) electrons. The number of carbonyl (C=O) groups is 2. The van der Waals surface area contributed by atoms with Gasteiger partial charge in [-0.2, -0.15) is 13.2 Å². The van der Waals surface area contributed by atoms with E-state index in [9.17, 15) is 32.9 Å². The third-order valence-corrected chi connectivity index (χ3v) is 3.77. The predicted octanol–water partition coefficient (Wildman–Crippen LogP) is 3.77. The van der Waals surface area contributed by atoms with Gasteiger partial charge in [0, 0.05) is 17.7 Å². The molecule has 8 nitrogen and oxygen atoms in total. The number of anilines is 1. The van der Waals surface area contributed by atoms with E-state index in [-0.39, 0.29) is 29.3 Å². The summed E-state index contributed by atoms with van der Waals surface area (Å²) in [6, 6.07) is 7.56. The van der Waals surface area contributed by atoms with E-state index in [1.807, 2.05) is 6.92 Å². The molecule has 0 heterocycles. The van der Waals surface area contributed by atoms with E-state index in [2.05, 4.69) is 10.6 Å². The molecule has 0 fully saturated rings. The van der Waals surface area contributed by atoms with Crippen LogP contribution in [0.15, 0.2) is 42.5 Å². The van der Waals surface area contributed by atoms with Crippen LogP contribution in [0.2, 0.25) is 0 Å². The first kappa shape index (κ1) is 22.7. The van der Waals surface area contributed by atoms with Crippen LogP contribution < -0.4 is 15.4 Å². The first-order valence-corrected chi connectivity index (χ1v) is 8.78. The number of alkyl halides is 3. The number of nitro benzene ring substituents is 1. The zero-order valence-corrected chi connectivity index (χ0v) is 15.8. The number of nitrogens with zero attached hydrogens (tertiary/aromatic N) is 1. The molecule has 30 heavy (non-hydrogen) atoms. The molecule has 11 heteroatoms. The molecule has 0 unspecified atom stereocenters. The number of hydrogen-bond acceptors (Lipinski definition) is 5. The Bertz CT molecular complexity index is 947. The Morgan fingerprint density at radius 2 is 1.90 bits per heavy atom. The van der Waals surface area contributed by atoms with Gasteiger partial charge >= 0.3 is 6.18 Å². The minimum atomic E-state index is -4.61. The fourth-order valence-corrected chi connectivity index (χ4v) is 2.36. The van der Waals surface area contributed by atoms with Gasteiger partial charge < -0.3 is 15.4 Å². The van der Waals surface area contributed by atoms with Gasteiger partial charge in [-0.25, -0.2) is 0 Å². The van der Waals surface area contributed by atoms with Crippen molar-refractivity contribution in [3.63, 3.8) is 0 Å². The lowest BCUT2D eigenvalue weighted by molar-refractivity contribution is -0.384. The van der Waals surface area contributed by atoms with Gasteiger partial charge in [-0.1, -0.05) is 13.0 Å². The molecule has 2 aromatic carbocycles. The molecule has 0 bridgehead atoms. The Balaban J connectivity index is 2.08. The van der Waals surface area contributed by atoms with E-state index < -0.39 is 35.0 Å². The van der Waals surface area contributed by atoms with Gasteiger partial charge in [-0.05, 0) is 30.7 Å². The Kier molecular flexibility index (Phi) is 7.34. The molecule has 0 saturated carbocycles. The molecule has 0 aliphatic rings. The molecule has 0 aromatic heterocycles. The van der Waals surface area contributed by atoms with Crippen molar-refractivity contribution in [1.29, 1.82) is 0 Å². The zero-order chi connectivity index (χ0) is 22.3. The van der Waals surface area contributed by atoms with Crippen molar-refractivity contribution in [2.45, 2.75) is 19.5 Å². The molecule has 0 aliphatic carbocycles. The summed E-state index contributed by atoms with van der Waals surface area (Å²) in [4.78, 5) is 34.3. The van der Waals surface area contributed by atoms with Crippen molar-refractivity contribution in [1.82, 2.24) is 5.32 Å². The number of benzene rings is 2. The van der Waals surface area contributed by atoms with Gasteiger partial charge in [0.15, 0.2) is 0 Å². The van der Waals surface area contributed by atoms with Crippen LogP contribution in [-0.2, 0) is 11.0 Å². The molecule has 0 atom stereocenters. The third kappa shape index (κ3) is 6.19. The first-order chi connectivity index (χ1) is 14.1. The highest BCUT2D eigenvalue weighted by Gasteiger charge is 2.31. The average molecular weight is 425 g/mol. The second-order valence-electron chi connectivity index (χ2n) is 6.10. The van der Waals surface area contributed by atoms with Crippen molar-refractivity contribution < 1.29 is 32.4 Å². The molecule has 2 N–H and O–H groups in total. The Hall–Kier alpha value is -3.63. The summed E-state index contributed by atoms with van der Waals surface area (Å²) in [5, 5.41) is 15.3. The summed E-state index contributed by atoms with van der Waals surface area (Å²) in [5.74, 6) is -1.49. The van der Waals surface area contributed by atoms with Crippen LogP contribution in [0.4, 0.5) is 24.5 Å². The Morgan fingerprint density at radius 1 is 1.17 bits per heavy atom. The SMILES string of the molecule is CCCOc1ccc(C(F)(F)F)cc1NC(=O)CNC(=O)c1cccc([N+](=O)[O-])c1. The fourth-order valence-electron chi connectivity index (χ4n) is 2.36. The topological polar surface area (TPSA) is 111 Å². The van der Waals surface area contributed by atoms with Crippen molar-refractivity contribution in [2.24, 2.45) is 0 Å². The number of nitrogens with one attached hydrogen (secondary N) is 2. The Morgan fingerprint density at radius 3 is 2.53 bits per heavy atom. The summed E-state index contributed by atoms with van der Waals surface area (Å²) < 4.78 is 44.2. The molecule has 2 aromatic rings. The standard InChI is InChI=1S/C19H18F3N3O5/c1-2-8-30-16-7-6-13(19(20,21)22)10-15(16)24-17(26)11-23-18(27)12-4-3-5-14(9-12)25(28)29/h3-7,9-10H,2,8,11H2,1H3,(H,23,27)(H,24,26). The van der Waals surface area contributed by atoms with Gasteiger partial charge in [0.25, 0.3) is 11.6 Å². The van der Waals surface area contributed by atoms with Crippen LogP contribution in [0.3, 0.4) is 0 Å². The molecule has 0 aliphatic heterocycles. The van der Waals surface area contributed by atoms with Crippen molar-refractivity contribution in [2.75, 3.05) is 18.5 Å². The normalized spacial score (nSPS) is 10.9. The molecule has 2 amide bonds. The summed E-state index contributed by atoms with van der Waals surface area (Å²) >= 11 is 0. The highest BCUT2D eigenvalue weighted by molar-refractivity contribution is 6.00. The van der Waals surface area contributed by atoms with Crippen LogP contribution in [0, 0.1) is 10.1 Å². The second-order valence-corrected chi connectivity index (χ2v) is 6.10. The number of carbonyl (C=O) groups excluding carboxylic acids is 2. The third-order valence-electron chi connectivity index (χ3n) is 3.77. The number of hydrogen-bond donors (Lipinski definition) is 2. The quantitative estimate of drug-likeness (QED) is 0.494. The van der Waals surface area contributed by atoms with E-state index >= 15 is 0 Å². The summed E-state index contributed by atoms with van der Waals surface area (Å²) in [6.45, 7) is 1.48. The number of amides is 2. The van der Waals surface area contributed by atoms with Crippen molar-refractivity contribution in [3.8, 4) is 5.75 Å². The van der Waals surface area contributed by atoms with Gasteiger partial charge in [-0.3, -0.25) is 19.7 Å². The van der Waals surface area contributed by atoms with E-state index in [0.29, 0.717) is 6.42 Å². The van der Waals surface area contributed by atoms with E-state index in [1.54, 1.807) is 0 Å². The minimum Gasteiger partial charge on any atom is -0.491 e. The second kappa shape index (κ2) is 9.72. The number of non-ortho nitro benzene ring substituents is 1. The Labute approximate surface area is 169 Å². The zero-order valence-electron chi connectivity index (χ0n) is 15.8. The average Bonchev–Trinajstić information content (AvgIpc) is 2.70. The molecule has 160 valence electrons. The van der Waals surface area contributed by atoms with Crippen LogP contribution in [0.25, 0.3) is 0 Å². The van der Waals surface area contributed by atoms with Crippen LogP contribution in [0.5, 0.6) is 5.75 Å². The van der Waals surface area contributed by atoms with Gasteiger partial charge in [0.05, 0.1) is 29.3 Å². The van der Waals surface area contributed by atoms with E-state index in [1.165, 1.54) is 18.2 Å². The lowest BCUT2D eigenvalue weighted by atomic mass is 10.1.